The fourth-order valence-electron chi connectivity index (χ4n) is 3.37. The third-order valence-corrected chi connectivity index (χ3v) is 4.82. The average molecular weight is 384 g/mol. The highest BCUT2D eigenvalue weighted by Gasteiger charge is 2.31. The number of hydrogen-bond donors (Lipinski definition) is 0. The number of carbonyl (C=O) groups excluding carboxylic acids is 1. The number of alkyl halides is 1. The first-order valence-corrected chi connectivity index (χ1v) is 9.10. The lowest BCUT2D eigenvalue weighted by Crippen LogP contribution is -2.38. The highest BCUT2D eigenvalue weighted by atomic mass is 19.1. The first kappa shape index (κ1) is 18.1. The molecule has 0 N–H and O–H groups in total. The van der Waals surface area contributed by atoms with E-state index in [2.05, 4.69) is 21.8 Å². The fourth-order valence-corrected chi connectivity index (χ4v) is 3.37. The fraction of sp³-hybridized carbons (Fsp3) is 0.368. The first-order valence-electron chi connectivity index (χ1n) is 9.10. The molecule has 0 unspecified atom stereocenters. The predicted octanol–water partition coefficient (Wildman–Crippen LogP) is 2.02. The van der Waals surface area contributed by atoms with Gasteiger partial charge in [-0.15, -0.1) is 0 Å². The van der Waals surface area contributed by atoms with Crippen molar-refractivity contribution in [3.63, 3.8) is 0 Å². The van der Waals surface area contributed by atoms with Crippen LogP contribution in [0.1, 0.15) is 12.8 Å². The van der Waals surface area contributed by atoms with Gasteiger partial charge in [0.25, 0.3) is 0 Å². The summed E-state index contributed by atoms with van der Waals surface area (Å²) in [5.74, 6) is 0.0492. The summed E-state index contributed by atoms with van der Waals surface area (Å²) in [7, 11) is 1.82. The summed E-state index contributed by atoms with van der Waals surface area (Å²) < 4.78 is 24.2. The van der Waals surface area contributed by atoms with Gasteiger partial charge in [-0.25, -0.2) is 13.9 Å². The molecule has 1 aliphatic rings. The maximum Gasteiger partial charge on any atom is 0.246 e. The molecule has 4 heterocycles. The quantitative estimate of drug-likeness (QED) is 0.643. The van der Waals surface area contributed by atoms with Crippen molar-refractivity contribution in [1.29, 1.82) is 0 Å². The van der Waals surface area contributed by atoms with Gasteiger partial charge in [-0.2, -0.15) is 10.2 Å². The third-order valence-electron chi connectivity index (χ3n) is 4.82. The van der Waals surface area contributed by atoms with Crippen LogP contribution in [0.25, 0.3) is 16.8 Å². The Bertz CT molecular complexity index is 1010. The molecule has 146 valence electrons. The normalized spacial score (nSPS) is 20.1. The van der Waals surface area contributed by atoms with E-state index in [1.165, 1.54) is 11.0 Å². The van der Waals surface area contributed by atoms with Gasteiger partial charge in [0.1, 0.15) is 11.6 Å². The Morgan fingerprint density at radius 3 is 3.00 bits per heavy atom. The molecule has 0 bridgehead atoms. The van der Waals surface area contributed by atoms with Gasteiger partial charge in [0.05, 0.1) is 30.8 Å². The molecule has 2 atom stereocenters. The zero-order valence-corrected chi connectivity index (χ0v) is 15.5. The van der Waals surface area contributed by atoms with Gasteiger partial charge in [0.2, 0.25) is 11.8 Å². The van der Waals surface area contributed by atoms with E-state index in [-0.39, 0.29) is 12.5 Å². The summed E-state index contributed by atoms with van der Waals surface area (Å²) in [6, 6.07) is 1.77. The molecule has 1 saturated heterocycles. The van der Waals surface area contributed by atoms with Crippen LogP contribution in [-0.4, -0.2) is 60.6 Å². The largest absolute Gasteiger partial charge is 0.470 e. The Hall–Kier alpha value is -3.23. The predicted molar refractivity (Wildman–Crippen MR) is 101 cm³/mol. The highest BCUT2D eigenvalue weighted by Crippen LogP contribution is 2.27. The van der Waals surface area contributed by atoms with Gasteiger partial charge in [-0.1, -0.05) is 6.58 Å². The van der Waals surface area contributed by atoms with E-state index in [4.69, 9.17) is 4.74 Å². The summed E-state index contributed by atoms with van der Waals surface area (Å²) in [6.45, 7) is 3.94. The number of hydrogen-bond acceptors (Lipinski definition) is 5. The van der Waals surface area contributed by atoms with E-state index in [1.807, 2.05) is 13.2 Å². The maximum absolute atomic E-state index is 14.9. The minimum atomic E-state index is -1.32. The van der Waals surface area contributed by atoms with Crippen molar-refractivity contribution in [3.05, 3.63) is 43.5 Å². The molecule has 8 nitrogen and oxygen atoms in total. The van der Waals surface area contributed by atoms with E-state index in [1.54, 1.807) is 33.9 Å². The van der Waals surface area contributed by atoms with Crippen molar-refractivity contribution < 1.29 is 13.9 Å². The number of aryl methyl sites for hydroxylation is 1. The van der Waals surface area contributed by atoms with Crippen molar-refractivity contribution in [2.45, 2.75) is 25.1 Å². The molecule has 9 heteroatoms. The number of halogens is 1. The topological polar surface area (TPSA) is 77.6 Å². The maximum atomic E-state index is 14.9. The zero-order chi connectivity index (χ0) is 19.7. The molecule has 1 aliphatic heterocycles. The van der Waals surface area contributed by atoms with Crippen molar-refractivity contribution in [3.8, 4) is 17.1 Å². The molecule has 0 saturated carbocycles. The van der Waals surface area contributed by atoms with Crippen LogP contribution in [0.5, 0.6) is 5.88 Å². The molecule has 3 aromatic heterocycles. The van der Waals surface area contributed by atoms with E-state index in [0.29, 0.717) is 36.5 Å². The Labute approximate surface area is 161 Å². The van der Waals surface area contributed by atoms with Gasteiger partial charge in [0, 0.05) is 25.4 Å². The van der Waals surface area contributed by atoms with E-state index in [0.717, 1.165) is 5.56 Å². The zero-order valence-electron chi connectivity index (χ0n) is 15.5. The minimum absolute atomic E-state index is 0.0205. The second-order valence-corrected chi connectivity index (χ2v) is 6.80. The lowest BCUT2D eigenvalue weighted by Gasteiger charge is -2.23. The van der Waals surface area contributed by atoms with Crippen LogP contribution >= 0.6 is 0 Å². The molecule has 3 aromatic rings. The second kappa shape index (κ2) is 7.41. The lowest BCUT2D eigenvalue weighted by atomic mass is 10.1. The van der Waals surface area contributed by atoms with Gasteiger partial charge < -0.3 is 9.64 Å². The smallest absolute Gasteiger partial charge is 0.246 e. The molecule has 0 radical (unpaired) electrons. The molecule has 1 amide bonds. The van der Waals surface area contributed by atoms with Crippen LogP contribution in [0.15, 0.2) is 43.5 Å². The lowest BCUT2D eigenvalue weighted by molar-refractivity contribution is -0.126. The summed E-state index contributed by atoms with van der Waals surface area (Å²) in [5.41, 5.74) is 2.10. The standard InChI is InChI=1S/C19H21FN6O2/c1-3-18(27)25-8-4-5-17(14(20)11-25)28-19-16-6-7-21-26(16)12-15(23-19)13-9-22-24(2)10-13/h3,6-7,9-10,12,14,17H,1,4-5,8,11H2,2H3/t14-,17+/m0/s1. The molecule has 4 rings (SSSR count). The number of rotatable bonds is 4. The first-order chi connectivity index (χ1) is 13.5. The van der Waals surface area contributed by atoms with Crippen LogP contribution in [0.4, 0.5) is 4.39 Å². The van der Waals surface area contributed by atoms with E-state index < -0.39 is 12.3 Å². The molecular weight excluding hydrogens is 363 g/mol. The van der Waals surface area contributed by atoms with Gasteiger partial charge in [-0.05, 0) is 25.0 Å². The van der Waals surface area contributed by atoms with Gasteiger partial charge >= 0.3 is 0 Å². The molecule has 0 spiro atoms. The van der Waals surface area contributed by atoms with Gasteiger partial charge in [-0.3, -0.25) is 9.48 Å². The van der Waals surface area contributed by atoms with Gasteiger partial charge in [0.15, 0.2) is 6.17 Å². The molecular formula is C19H21FN6O2. The van der Waals surface area contributed by atoms with Crippen LogP contribution in [-0.2, 0) is 11.8 Å². The summed E-state index contributed by atoms with van der Waals surface area (Å²) >= 11 is 0. The Balaban J connectivity index is 1.63. The Kier molecular flexibility index (Phi) is 4.81. The monoisotopic (exact) mass is 384 g/mol. The number of aromatic nitrogens is 5. The highest BCUT2D eigenvalue weighted by molar-refractivity contribution is 5.87. The van der Waals surface area contributed by atoms with E-state index >= 15 is 0 Å². The van der Waals surface area contributed by atoms with E-state index in [9.17, 15) is 9.18 Å². The molecule has 1 fully saturated rings. The molecule has 0 aliphatic carbocycles. The third kappa shape index (κ3) is 3.47. The number of fused-ring (bicyclic) bond motifs is 1. The molecule has 28 heavy (non-hydrogen) atoms. The van der Waals surface area contributed by atoms with Crippen LogP contribution in [0, 0.1) is 0 Å². The average Bonchev–Trinajstić information content (AvgIpc) is 3.30. The number of likely N-dealkylation sites (tertiary alicyclic amines) is 1. The summed E-state index contributed by atoms with van der Waals surface area (Å²) in [4.78, 5) is 17.9. The second-order valence-electron chi connectivity index (χ2n) is 6.80. The SMILES string of the molecule is C=CC(=O)N1CCC[C@@H](Oc2nc(-c3cnn(C)c3)cn3nccc23)[C@@H](F)C1. The van der Waals surface area contributed by atoms with Crippen molar-refractivity contribution in [2.75, 3.05) is 13.1 Å². The van der Waals surface area contributed by atoms with Crippen molar-refractivity contribution in [1.82, 2.24) is 29.3 Å². The van der Waals surface area contributed by atoms with Crippen molar-refractivity contribution >= 4 is 11.4 Å². The van der Waals surface area contributed by atoms with Crippen molar-refractivity contribution in [2.24, 2.45) is 7.05 Å². The number of nitrogens with zero attached hydrogens (tertiary/aromatic N) is 6. The molecule has 0 aromatic carbocycles. The summed E-state index contributed by atoms with van der Waals surface area (Å²) in [6.07, 6.45) is 7.28. The number of ether oxygens (including phenoxy) is 1. The number of carbonyl (C=O) groups is 1. The Morgan fingerprint density at radius 1 is 1.39 bits per heavy atom. The van der Waals surface area contributed by atoms with Crippen LogP contribution in [0.2, 0.25) is 0 Å². The van der Waals surface area contributed by atoms with Crippen LogP contribution in [0.3, 0.4) is 0 Å². The minimum Gasteiger partial charge on any atom is -0.470 e. The van der Waals surface area contributed by atoms with Crippen LogP contribution < -0.4 is 4.74 Å². The summed E-state index contributed by atoms with van der Waals surface area (Å²) in [5, 5.41) is 8.43. The number of amides is 1. The Morgan fingerprint density at radius 2 is 2.25 bits per heavy atom.